The molecule has 0 aliphatic rings. The Labute approximate surface area is 123 Å². The van der Waals surface area contributed by atoms with Crippen molar-refractivity contribution in [3.8, 4) is 0 Å². The van der Waals surface area contributed by atoms with Crippen molar-refractivity contribution >= 4 is 17.3 Å². The summed E-state index contributed by atoms with van der Waals surface area (Å²) < 4.78 is 0. The monoisotopic (exact) mass is 295 g/mol. The van der Waals surface area contributed by atoms with Crippen molar-refractivity contribution in [1.82, 2.24) is 4.90 Å². The van der Waals surface area contributed by atoms with Gasteiger partial charge in [-0.3, -0.25) is 10.1 Å². The Morgan fingerprint density at radius 2 is 2.05 bits per heavy atom. The lowest BCUT2D eigenvalue weighted by Gasteiger charge is -2.29. The van der Waals surface area contributed by atoms with Crippen LogP contribution in [-0.4, -0.2) is 48.1 Å². The van der Waals surface area contributed by atoms with Gasteiger partial charge in [0.05, 0.1) is 16.2 Å². The van der Waals surface area contributed by atoms with Crippen molar-refractivity contribution in [2.24, 2.45) is 5.41 Å². The van der Waals surface area contributed by atoms with E-state index in [4.69, 9.17) is 5.11 Å². The summed E-state index contributed by atoms with van der Waals surface area (Å²) in [6, 6.07) is 3.70. The molecule has 0 saturated carbocycles. The highest BCUT2D eigenvalue weighted by Crippen LogP contribution is 2.25. The van der Waals surface area contributed by atoms with Gasteiger partial charge in [0.15, 0.2) is 0 Å². The summed E-state index contributed by atoms with van der Waals surface area (Å²) in [6.07, 6.45) is 0. The van der Waals surface area contributed by atoms with Gasteiger partial charge in [-0.1, -0.05) is 13.8 Å². The van der Waals surface area contributed by atoms with E-state index in [0.717, 1.165) is 6.54 Å². The van der Waals surface area contributed by atoms with Gasteiger partial charge in [0, 0.05) is 25.2 Å². The number of nitro benzene ring substituents is 1. The predicted molar refractivity (Wildman–Crippen MR) is 80.9 cm³/mol. The van der Waals surface area contributed by atoms with Crippen LogP contribution in [0.1, 0.15) is 24.2 Å². The third-order valence-corrected chi connectivity index (χ3v) is 2.95. The molecule has 0 saturated heterocycles. The molecule has 0 radical (unpaired) electrons. The highest BCUT2D eigenvalue weighted by Gasteiger charge is 2.21. The second-order valence-electron chi connectivity index (χ2n) is 6.05. The molecule has 0 heterocycles. The first-order chi connectivity index (χ1) is 9.62. The molecular formula is C14H21N3O4. The number of carbonyl (C=O) groups is 1. The molecule has 1 rings (SSSR count). The van der Waals surface area contributed by atoms with E-state index >= 15 is 0 Å². The van der Waals surface area contributed by atoms with Crippen molar-refractivity contribution < 1.29 is 14.8 Å². The second-order valence-corrected chi connectivity index (χ2v) is 6.05. The Balaban J connectivity index is 2.97. The van der Waals surface area contributed by atoms with Crippen LogP contribution in [0.4, 0.5) is 11.4 Å². The summed E-state index contributed by atoms with van der Waals surface area (Å²) in [5, 5.41) is 23.0. The van der Waals surface area contributed by atoms with Crippen LogP contribution in [0, 0.1) is 15.5 Å². The third kappa shape index (κ3) is 5.03. The molecule has 0 amide bonds. The number of non-ortho nitro benzene ring substituents is 1. The molecule has 1 aromatic carbocycles. The highest BCUT2D eigenvalue weighted by molar-refractivity contribution is 5.94. The number of hydrogen-bond donors (Lipinski definition) is 2. The Bertz CT molecular complexity index is 541. The Hall–Kier alpha value is -2.15. The highest BCUT2D eigenvalue weighted by atomic mass is 16.6. The van der Waals surface area contributed by atoms with E-state index < -0.39 is 10.9 Å². The van der Waals surface area contributed by atoms with Crippen LogP contribution in [0.5, 0.6) is 0 Å². The largest absolute Gasteiger partial charge is 0.478 e. The van der Waals surface area contributed by atoms with Gasteiger partial charge in [-0.2, -0.15) is 0 Å². The maximum Gasteiger partial charge on any atom is 0.337 e. The van der Waals surface area contributed by atoms with E-state index in [1.165, 1.54) is 18.2 Å². The van der Waals surface area contributed by atoms with E-state index in [9.17, 15) is 14.9 Å². The lowest BCUT2D eigenvalue weighted by molar-refractivity contribution is -0.384. The molecule has 0 unspecified atom stereocenters. The summed E-state index contributed by atoms with van der Waals surface area (Å²) in [5.74, 6) is -1.11. The van der Waals surface area contributed by atoms with Crippen LogP contribution in [-0.2, 0) is 0 Å². The molecule has 0 spiro atoms. The molecule has 0 aliphatic carbocycles. The van der Waals surface area contributed by atoms with Gasteiger partial charge < -0.3 is 15.3 Å². The van der Waals surface area contributed by atoms with E-state index in [1.807, 2.05) is 32.8 Å². The van der Waals surface area contributed by atoms with E-state index in [2.05, 4.69) is 5.32 Å². The van der Waals surface area contributed by atoms with Crippen LogP contribution in [0.3, 0.4) is 0 Å². The third-order valence-electron chi connectivity index (χ3n) is 2.95. The van der Waals surface area contributed by atoms with E-state index in [-0.39, 0.29) is 22.4 Å². The quantitative estimate of drug-likeness (QED) is 0.592. The minimum atomic E-state index is -1.11. The average molecular weight is 295 g/mol. The maximum absolute atomic E-state index is 11.2. The summed E-state index contributed by atoms with van der Waals surface area (Å²) in [6.45, 7) is 5.39. The molecular weight excluding hydrogens is 274 g/mol. The van der Waals surface area contributed by atoms with Crippen LogP contribution in [0.2, 0.25) is 0 Å². The fraction of sp³-hybridized carbons (Fsp3) is 0.500. The molecule has 116 valence electrons. The number of benzene rings is 1. The summed E-state index contributed by atoms with van der Waals surface area (Å²) in [5.41, 5.74) is 0.0573. The molecule has 7 nitrogen and oxygen atoms in total. The zero-order valence-electron chi connectivity index (χ0n) is 12.7. The lowest BCUT2D eigenvalue weighted by Crippen LogP contribution is -2.34. The zero-order valence-corrected chi connectivity index (χ0v) is 12.7. The molecule has 0 fully saturated rings. The van der Waals surface area contributed by atoms with Gasteiger partial charge in [0.25, 0.3) is 5.69 Å². The number of nitro groups is 1. The van der Waals surface area contributed by atoms with Crippen LogP contribution in [0.25, 0.3) is 0 Å². The Morgan fingerprint density at radius 1 is 1.43 bits per heavy atom. The summed E-state index contributed by atoms with van der Waals surface area (Å²) in [4.78, 5) is 23.5. The molecule has 0 bridgehead atoms. The van der Waals surface area contributed by atoms with Crippen molar-refractivity contribution in [3.05, 3.63) is 33.9 Å². The molecule has 7 heteroatoms. The number of aromatic carboxylic acids is 1. The summed E-state index contributed by atoms with van der Waals surface area (Å²) >= 11 is 0. The number of hydrogen-bond acceptors (Lipinski definition) is 5. The van der Waals surface area contributed by atoms with Crippen molar-refractivity contribution in [1.29, 1.82) is 0 Å². The standard InChI is InChI=1S/C14H21N3O4/c1-14(2,9-16(3)4)8-15-12-7-10(17(20)21)5-6-11(12)13(18)19/h5-7,15H,8-9H2,1-4H3,(H,18,19). The number of anilines is 1. The van der Waals surface area contributed by atoms with E-state index in [0.29, 0.717) is 6.54 Å². The normalized spacial score (nSPS) is 11.5. The van der Waals surface area contributed by atoms with Crippen LogP contribution < -0.4 is 5.32 Å². The van der Waals surface area contributed by atoms with Gasteiger partial charge >= 0.3 is 5.97 Å². The first-order valence-electron chi connectivity index (χ1n) is 6.53. The van der Waals surface area contributed by atoms with Crippen LogP contribution in [0.15, 0.2) is 18.2 Å². The smallest absolute Gasteiger partial charge is 0.337 e. The SMILES string of the molecule is CN(C)CC(C)(C)CNc1cc([N+](=O)[O-])ccc1C(=O)O. The fourth-order valence-corrected chi connectivity index (χ4v) is 2.23. The van der Waals surface area contributed by atoms with Gasteiger partial charge in [-0.05, 0) is 25.6 Å². The fourth-order valence-electron chi connectivity index (χ4n) is 2.23. The first kappa shape index (κ1) is 16.9. The van der Waals surface area contributed by atoms with Crippen LogP contribution >= 0.6 is 0 Å². The molecule has 0 aromatic heterocycles. The minimum Gasteiger partial charge on any atom is -0.478 e. The number of nitrogens with zero attached hydrogens (tertiary/aromatic N) is 2. The van der Waals surface area contributed by atoms with Crippen molar-refractivity contribution in [3.63, 3.8) is 0 Å². The number of carboxylic acid groups (broad SMARTS) is 1. The van der Waals surface area contributed by atoms with E-state index in [1.54, 1.807) is 0 Å². The number of rotatable bonds is 7. The number of carboxylic acids is 1. The maximum atomic E-state index is 11.2. The Kier molecular flexibility index (Phi) is 5.26. The zero-order chi connectivity index (χ0) is 16.2. The van der Waals surface area contributed by atoms with Gasteiger partial charge in [0.1, 0.15) is 0 Å². The first-order valence-corrected chi connectivity index (χ1v) is 6.53. The van der Waals surface area contributed by atoms with Gasteiger partial charge in [-0.15, -0.1) is 0 Å². The molecule has 0 aliphatic heterocycles. The van der Waals surface area contributed by atoms with Crippen molar-refractivity contribution in [2.45, 2.75) is 13.8 Å². The topological polar surface area (TPSA) is 95.7 Å². The lowest BCUT2D eigenvalue weighted by atomic mass is 9.92. The molecule has 0 atom stereocenters. The summed E-state index contributed by atoms with van der Waals surface area (Å²) in [7, 11) is 3.91. The average Bonchev–Trinajstić information content (AvgIpc) is 2.34. The molecule has 2 N–H and O–H groups in total. The van der Waals surface area contributed by atoms with Gasteiger partial charge in [-0.25, -0.2) is 4.79 Å². The minimum absolute atomic E-state index is 0.0289. The predicted octanol–water partition coefficient (Wildman–Crippen LogP) is 2.29. The molecule has 1 aromatic rings. The van der Waals surface area contributed by atoms with Crippen molar-refractivity contribution in [2.75, 3.05) is 32.5 Å². The second kappa shape index (κ2) is 6.53. The molecule has 21 heavy (non-hydrogen) atoms. The number of nitrogens with one attached hydrogen (secondary N) is 1. The Morgan fingerprint density at radius 3 is 2.52 bits per heavy atom. The van der Waals surface area contributed by atoms with Gasteiger partial charge in [0.2, 0.25) is 0 Å².